The Labute approximate surface area is 201 Å². The van der Waals surface area contributed by atoms with Crippen molar-refractivity contribution in [3.8, 4) is 16.9 Å². The van der Waals surface area contributed by atoms with Crippen molar-refractivity contribution in [3.63, 3.8) is 0 Å². The summed E-state index contributed by atoms with van der Waals surface area (Å²) in [6.45, 7) is 8.30. The zero-order valence-electron chi connectivity index (χ0n) is 17.7. The third kappa shape index (κ3) is 6.09. The van der Waals surface area contributed by atoms with Gasteiger partial charge < -0.3 is 22.2 Å². The minimum atomic E-state index is -0.274. The standard InChI is InChI=1S/C18H17N2O.C7H15.Y/c1-12-19-18(20-12,15-8-9-15)16-6-2-4-13(10-16)14-5-3-7-17(21)11-14;1-3-5-7-6-4-2;/h2-7,10-11,15,19,21H,1,8-9H2;7H,3-6H2,1-2H3;/q2*-1;. The molecule has 0 amide bonds. The molecule has 4 rings (SSSR count). The molecule has 1 radical (unpaired) electrons. The summed E-state index contributed by atoms with van der Waals surface area (Å²) in [6, 6.07) is 15.7. The van der Waals surface area contributed by atoms with Gasteiger partial charge in [-0.3, -0.25) is 0 Å². The van der Waals surface area contributed by atoms with Crippen molar-refractivity contribution < 1.29 is 37.8 Å². The van der Waals surface area contributed by atoms with Gasteiger partial charge in [-0.2, -0.15) is 12.8 Å². The van der Waals surface area contributed by atoms with E-state index in [2.05, 4.69) is 61.7 Å². The van der Waals surface area contributed by atoms with Crippen LogP contribution >= 0.6 is 0 Å². The predicted molar refractivity (Wildman–Crippen MR) is 118 cm³/mol. The van der Waals surface area contributed by atoms with E-state index in [1.807, 2.05) is 12.1 Å². The van der Waals surface area contributed by atoms with Crippen LogP contribution < -0.4 is 5.32 Å². The molecule has 1 aliphatic heterocycles. The maximum atomic E-state index is 9.65. The third-order valence-electron chi connectivity index (χ3n) is 5.28. The molecule has 0 aromatic heterocycles. The maximum absolute atomic E-state index is 9.65. The number of unbranched alkanes of at least 4 members (excludes halogenated alkanes) is 4. The summed E-state index contributed by atoms with van der Waals surface area (Å²) in [7, 11) is 0. The van der Waals surface area contributed by atoms with E-state index in [1.165, 1.54) is 44.1 Å². The van der Waals surface area contributed by atoms with Gasteiger partial charge in [0.15, 0.2) is 0 Å². The van der Waals surface area contributed by atoms with Crippen molar-refractivity contribution in [1.82, 2.24) is 5.32 Å². The van der Waals surface area contributed by atoms with Gasteiger partial charge in [0, 0.05) is 38.4 Å². The largest absolute Gasteiger partial charge is 0.508 e. The van der Waals surface area contributed by atoms with Gasteiger partial charge in [0.2, 0.25) is 0 Å². The average molecular weight is 465 g/mol. The zero-order valence-corrected chi connectivity index (χ0v) is 20.5. The Morgan fingerprint density at radius 3 is 2.17 bits per heavy atom. The fourth-order valence-electron chi connectivity index (χ4n) is 3.68. The monoisotopic (exact) mass is 465 g/mol. The van der Waals surface area contributed by atoms with Crippen molar-refractivity contribution in [1.29, 1.82) is 0 Å². The summed E-state index contributed by atoms with van der Waals surface area (Å²) >= 11 is 0. The first-order valence-corrected chi connectivity index (χ1v) is 10.5. The Balaban J connectivity index is 0.000000327. The van der Waals surface area contributed by atoms with Crippen molar-refractivity contribution in [2.24, 2.45) is 5.92 Å². The quantitative estimate of drug-likeness (QED) is 0.347. The molecule has 4 heteroatoms. The van der Waals surface area contributed by atoms with Crippen molar-refractivity contribution in [2.75, 3.05) is 0 Å². The molecule has 1 saturated heterocycles. The third-order valence-corrected chi connectivity index (χ3v) is 5.28. The average Bonchev–Trinajstić information content (AvgIpc) is 3.52. The Hall–Kier alpha value is -1.32. The van der Waals surface area contributed by atoms with Crippen LogP contribution in [-0.4, -0.2) is 5.11 Å². The number of phenolic OH excluding ortho intramolecular Hbond substituents is 1. The fraction of sp³-hybridized carbons (Fsp3) is 0.400. The van der Waals surface area contributed by atoms with Gasteiger partial charge in [-0.25, -0.2) is 0 Å². The number of hydrogen-bond acceptors (Lipinski definition) is 2. The van der Waals surface area contributed by atoms with Gasteiger partial charge in [0.25, 0.3) is 0 Å². The smallest absolute Gasteiger partial charge is 0.116 e. The molecule has 2 aromatic carbocycles. The molecule has 29 heavy (non-hydrogen) atoms. The van der Waals surface area contributed by atoms with E-state index in [0.717, 1.165) is 16.9 Å². The van der Waals surface area contributed by atoms with E-state index in [9.17, 15) is 5.11 Å². The molecule has 2 N–H and O–H groups in total. The van der Waals surface area contributed by atoms with Crippen LogP contribution in [0.5, 0.6) is 5.75 Å². The van der Waals surface area contributed by atoms with Crippen LogP contribution in [0.4, 0.5) is 0 Å². The second-order valence-electron chi connectivity index (χ2n) is 7.72. The van der Waals surface area contributed by atoms with Gasteiger partial charge in [-0.15, -0.1) is 6.58 Å². The maximum Gasteiger partial charge on any atom is 0.116 e. The Morgan fingerprint density at radius 1 is 1.07 bits per heavy atom. The Kier molecular flexibility index (Phi) is 9.23. The number of hydrogen-bond donors (Lipinski definition) is 2. The number of benzene rings is 2. The van der Waals surface area contributed by atoms with Gasteiger partial charge >= 0.3 is 0 Å². The molecule has 3 nitrogen and oxygen atoms in total. The van der Waals surface area contributed by atoms with Gasteiger partial charge in [-0.05, 0) is 47.6 Å². The summed E-state index contributed by atoms with van der Waals surface area (Å²) in [6.07, 6.45) is 9.99. The van der Waals surface area contributed by atoms with Crippen LogP contribution in [0.15, 0.2) is 60.9 Å². The summed E-state index contributed by atoms with van der Waals surface area (Å²) in [5, 5.41) is 17.7. The summed E-state index contributed by atoms with van der Waals surface area (Å²) in [4.78, 5) is 0. The summed E-state index contributed by atoms with van der Waals surface area (Å²) in [5.74, 6) is 1.63. The first-order valence-electron chi connectivity index (χ1n) is 10.5. The minimum Gasteiger partial charge on any atom is -0.508 e. The molecule has 153 valence electrons. The number of nitrogens with one attached hydrogen (secondary N) is 1. The zero-order chi connectivity index (χ0) is 20.0. The molecule has 0 bridgehead atoms. The molecule has 1 atom stereocenters. The molecule has 2 aliphatic rings. The second-order valence-corrected chi connectivity index (χ2v) is 7.72. The second kappa shape index (κ2) is 11.2. The van der Waals surface area contributed by atoms with Gasteiger partial charge in [-0.1, -0.05) is 68.9 Å². The number of rotatable bonds is 7. The molecule has 1 heterocycles. The summed E-state index contributed by atoms with van der Waals surface area (Å²) in [5.41, 5.74) is 3.02. The van der Waals surface area contributed by atoms with Crippen LogP contribution in [-0.2, 0) is 38.4 Å². The normalized spacial score (nSPS) is 19.6. The number of nitrogens with zero attached hydrogens (tertiary/aromatic N) is 1. The molecule has 0 spiro atoms. The number of aromatic hydroxyl groups is 1. The van der Waals surface area contributed by atoms with E-state index in [4.69, 9.17) is 0 Å². The van der Waals surface area contributed by atoms with Crippen LogP contribution in [0, 0.1) is 12.3 Å². The van der Waals surface area contributed by atoms with E-state index >= 15 is 0 Å². The first-order chi connectivity index (χ1) is 13.6. The van der Waals surface area contributed by atoms with Crippen LogP contribution in [0.3, 0.4) is 0 Å². The molecular formula is C25H32N2OY-2. The van der Waals surface area contributed by atoms with Crippen molar-refractivity contribution >= 4 is 0 Å². The first kappa shape index (κ1) is 24.0. The topological polar surface area (TPSA) is 46.4 Å². The minimum absolute atomic E-state index is 0. The van der Waals surface area contributed by atoms with Crippen molar-refractivity contribution in [2.45, 2.75) is 58.0 Å². The molecule has 2 fully saturated rings. The van der Waals surface area contributed by atoms with E-state index < -0.39 is 0 Å². The number of phenols is 1. The molecule has 1 unspecified atom stereocenters. The molecule has 2 aromatic rings. The molecular weight excluding hydrogens is 433 g/mol. The SMILES string of the molecule is C=C1[N-]C(c2cccc(-c3cccc(O)c3)c2)(C2CC2)N1.CCC[CH-]CCC.[Y]. The van der Waals surface area contributed by atoms with E-state index in [-0.39, 0.29) is 44.1 Å². The van der Waals surface area contributed by atoms with Crippen LogP contribution in [0.25, 0.3) is 16.4 Å². The van der Waals surface area contributed by atoms with Gasteiger partial charge in [0.1, 0.15) is 5.75 Å². The van der Waals surface area contributed by atoms with E-state index in [0.29, 0.717) is 5.92 Å². The summed E-state index contributed by atoms with van der Waals surface area (Å²) < 4.78 is 0. The fourth-order valence-corrected chi connectivity index (χ4v) is 3.68. The Bertz CT molecular complexity index is 789. The van der Waals surface area contributed by atoms with Crippen molar-refractivity contribution in [3.05, 3.63) is 78.2 Å². The van der Waals surface area contributed by atoms with Gasteiger partial charge in [0.05, 0.1) is 0 Å². The molecule has 1 aliphatic carbocycles. The van der Waals surface area contributed by atoms with Crippen LogP contribution in [0.2, 0.25) is 0 Å². The Morgan fingerprint density at radius 2 is 1.66 bits per heavy atom. The van der Waals surface area contributed by atoms with E-state index in [1.54, 1.807) is 12.1 Å². The molecule has 1 saturated carbocycles. The predicted octanol–water partition coefficient (Wildman–Crippen LogP) is 6.86. The van der Waals surface area contributed by atoms with Crippen LogP contribution in [0.1, 0.15) is 57.9 Å².